The molecule has 1 N–H and O–H groups in total. The predicted octanol–water partition coefficient (Wildman–Crippen LogP) is 4.01. The summed E-state index contributed by atoms with van der Waals surface area (Å²) in [6, 6.07) is 6.18. The maximum atomic E-state index is 12.3. The number of hydrogen-bond acceptors (Lipinski definition) is 4. The van der Waals surface area contributed by atoms with Crippen molar-refractivity contribution in [1.82, 2.24) is 15.1 Å². The maximum Gasteiger partial charge on any atom is 0.323 e. The Hall–Kier alpha value is -2.21. The second kappa shape index (κ2) is 6.50. The first-order chi connectivity index (χ1) is 11.0. The summed E-state index contributed by atoms with van der Waals surface area (Å²) in [5.74, 6) is 0. The second-order valence-corrected chi connectivity index (χ2v) is 6.96. The van der Waals surface area contributed by atoms with Crippen LogP contribution in [0.15, 0.2) is 29.8 Å². The SMILES string of the molecule is CC1=CCCN(C(=O)Nc2nnc(-c3cc(C)cc(C)c3)s2)C1. The number of aromatic nitrogens is 2. The summed E-state index contributed by atoms with van der Waals surface area (Å²) in [6.45, 7) is 7.59. The average molecular weight is 328 g/mol. The number of urea groups is 1. The summed E-state index contributed by atoms with van der Waals surface area (Å²) in [5.41, 5.74) is 4.64. The molecule has 0 aliphatic carbocycles. The van der Waals surface area contributed by atoms with Crippen LogP contribution >= 0.6 is 11.3 Å². The Kier molecular flexibility index (Phi) is 4.43. The summed E-state index contributed by atoms with van der Waals surface area (Å²) in [5, 5.41) is 12.5. The minimum Gasteiger partial charge on any atom is -0.320 e. The molecule has 0 radical (unpaired) electrons. The molecule has 2 amide bonds. The van der Waals surface area contributed by atoms with Crippen LogP contribution in [-0.2, 0) is 0 Å². The first-order valence-electron chi connectivity index (χ1n) is 7.65. The van der Waals surface area contributed by atoms with Gasteiger partial charge in [0.25, 0.3) is 0 Å². The third kappa shape index (κ3) is 3.76. The van der Waals surface area contributed by atoms with Crippen molar-refractivity contribution in [2.45, 2.75) is 27.2 Å². The van der Waals surface area contributed by atoms with Crippen LogP contribution in [0.5, 0.6) is 0 Å². The van der Waals surface area contributed by atoms with Crippen molar-refractivity contribution >= 4 is 22.5 Å². The lowest BCUT2D eigenvalue weighted by atomic mass is 10.1. The maximum absolute atomic E-state index is 12.3. The molecule has 1 aromatic heterocycles. The molecule has 0 fully saturated rings. The van der Waals surface area contributed by atoms with Gasteiger partial charge in [0.2, 0.25) is 5.13 Å². The minimum atomic E-state index is -0.111. The van der Waals surface area contributed by atoms with Crippen LogP contribution in [0, 0.1) is 13.8 Å². The predicted molar refractivity (Wildman–Crippen MR) is 93.8 cm³/mol. The van der Waals surface area contributed by atoms with E-state index in [2.05, 4.69) is 53.6 Å². The highest BCUT2D eigenvalue weighted by atomic mass is 32.1. The summed E-state index contributed by atoms with van der Waals surface area (Å²) in [7, 11) is 0. The van der Waals surface area contributed by atoms with Gasteiger partial charge in [-0.15, -0.1) is 10.2 Å². The monoisotopic (exact) mass is 328 g/mol. The molecule has 1 aliphatic heterocycles. The molecule has 23 heavy (non-hydrogen) atoms. The Balaban J connectivity index is 1.72. The molecule has 3 rings (SSSR count). The Bertz CT molecular complexity index is 745. The summed E-state index contributed by atoms with van der Waals surface area (Å²) >= 11 is 1.40. The molecule has 5 nitrogen and oxygen atoms in total. The highest BCUT2D eigenvalue weighted by molar-refractivity contribution is 7.18. The quantitative estimate of drug-likeness (QED) is 0.848. The highest BCUT2D eigenvalue weighted by Gasteiger charge is 2.18. The molecule has 1 aromatic carbocycles. The zero-order valence-corrected chi connectivity index (χ0v) is 14.4. The first kappa shape index (κ1) is 15.7. The Morgan fingerprint density at radius 3 is 2.61 bits per heavy atom. The second-order valence-electron chi connectivity index (χ2n) is 5.98. The van der Waals surface area contributed by atoms with E-state index in [9.17, 15) is 4.79 Å². The lowest BCUT2D eigenvalue weighted by molar-refractivity contribution is 0.215. The van der Waals surface area contributed by atoms with Gasteiger partial charge in [-0.05, 0) is 39.3 Å². The van der Waals surface area contributed by atoms with Crippen LogP contribution in [0.4, 0.5) is 9.93 Å². The van der Waals surface area contributed by atoms with Crippen molar-refractivity contribution in [1.29, 1.82) is 0 Å². The summed E-state index contributed by atoms with van der Waals surface area (Å²) in [4.78, 5) is 14.1. The smallest absolute Gasteiger partial charge is 0.320 e. The molecule has 120 valence electrons. The van der Waals surface area contributed by atoms with E-state index in [1.54, 1.807) is 4.90 Å². The number of benzene rings is 1. The van der Waals surface area contributed by atoms with Crippen molar-refractivity contribution in [3.63, 3.8) is 0 Å². The number of amides is 2. The van der Waals surface area contributed by atoms with Gasteiger partial charge >= 0.3 is 6.03 Å². The normalized spacial score (nSPS) is 14.6. The fourth-order valence-corrected chi connectivity index (χ4v) is 3.46. The number of rotatable bonds is 2. The first-order valence-corrected chi connectivity index (χ1v) is 8.46. The molecule has 1 aliphatic rings. The molecule has 0 bridgehead atoms. The highest BCUT2D eigenvalue weighted by Crippen LogP contribution is 2.28. The number of hydrogen-bond donors (Lipinski definition) is 1. The van der Waals surface area contributed by atoms with E-state index in [0.29, 0.717) is 11.7 Å². The number of carbonyl (C=O) groups excluding carboxylic acids is 1. The molecular weight excluding hydrogens is 308 g/mol. The number of aryl methyl sites for hydroxylation is 2. The van der Waals surface area contributed by atoms with Crippen LogP contribution in [0.2, 0.25) is 0 Å². The number of anilines is 1. The lowest BCUT2D eigenvalue weighted by Crippen LogP contribution is -2.38. The zero-order chi connectivity index (χ0) is 16.4. The van der Waals surface area contributed by atoms with Crippen molar-refractivity contribution in [2.75, 3.05) is 18.4 Å². The molecule has 0 unspecified atom stereocenters. The van der Waals surface area contributed by atoms with Gasteiger partial charge in [-0.2, -0.15) is 0 Å². The van der Waals surface area contributed by atoms with Crippen molar-refractivity contribution in [3.8, 4) is 10.6 Å². The molecule has 0 saturated carbocycles. The van der Waals surface area contributed by atoms with Crippen molar-refractivity contribution in [2.24, 2.45) is 0 Å². The summed E-state index contributed by atoms with van der Waals surface area (Å²) in [6.07, 6.45) is 3.08. The largest absolute Gasteiger partial charge is 0.323 e. The third-order valence-corrected chi connectivity index (χ3v) is 4.61. The third-order valence-electron chi connectivity index (χ3n) is 3.73. The Morgan fingerprint density at radius 2 is 1.91 bits per heavy atom. The van der Waals surface area contributed by atoms with Gasteiger partial charge in [0, 0.05) is 18.7 Å². The van der Waals surface area contributed by atoms with E-state index >= 15 is 0 Å². The topological polar surface area (TPSA) is 58.1 Å². The summed E-state index contributed by atoms with van der Waals surface area (Å²) < 4.78 is 0. The van der Waals surface area contributed by atoms with E-state index < -0.39 is 0 Å². The van der Waals surface area contributed by atoms with E-state index in [0.717, 1.165) is 23.5 Å². The fraction of sp³-hybridized carbons (Fsp3) is 0.353. The van der Waals surface area contributed by atoms with Crippen molar-refractivity contribution < 1.29 is 4.79 Å². The van der Waals surface area contributed by atoms with E-state index in [4.69, 9.17) is 0 Å². The van der Waals surface area contributed by atoms with E-state index in [-0.39, 0.29) is 6.03 Å². The van der Waals surface area contributed by atoms with Gasteiger partial charge in [-0.3, -0.25) is 5.32 Å². The van der Waals surface area contributed by atoms with E-state index in [1.807, 2.05) is 6.92 Å². The molecule has 0 saturated heterocycles. The molecule has 0 atom stereocenters. The Morgan fingerprint density at radius 1 is 1.17 bits per heavy atom. The number of nitrogens with one attached hydrogen (secondary N) is 1. The Labute approximate surface area is 140 Å². The lowest BCUT2D eigenvalue weighted by Gasteiger charge is -2.25. The van der Waals surface area contributed by atoms with Gasteiger partial charge in [-0.25, -0.2) is 4.79 Å². The number of carbonyl (C=O) groups is 1. The van der Waals surface area contributed by atoms with Crippen LogP contribution < -0.4 is 5.32 Å². The van der Waals surface area contributed by atoms with Gasteiger partial charge in [0.1, 0.15) is 5.01 Å². The van der Waals surface area contributed by atoms with Gasteiger partial charge in [-0.1, -0.05) is 40.2 Å². The molecule has 6 heteroatoms. The van der Waals surface area contributed by atoms with Crippen molar-refractivity contribution in [3.05, 3.63) is 41.0 Å². The van der Waals surface area contributed by atoms with Crippen LogP contribution in [-0.4, -0.2) is 34.2 Å². The van der Waals surface area contributed by atoms with Gasteiger partial charge < -0.3 is 4.90 Å². The zero-order valence-electron chi connectivity index (χ0n) is 13.6. The van der Waals surface area contributed by atoms with E-state index in [1.165, 1.54) is 28.0 Å². The molecule has 0 spiro atoms. The van der Waals surface area contributed by atoms with Crippen LogP contribution in [0.3, 0.4) is 0 Å². The molecular formula is C17H20N4OS. The van der Waals surface area contributed by atoms with Gasteiger partial charge in [0.05, 0.1) is 0 Å². The van der Waals surface area contributed by atoms with Crippen LogP contribution in [0.1, 0.15) is 24.5 Å². The fourth-order valence-electron chi connectivity index (χ4n) is 2.74. The molecule has 2 heterocycles. The minimum absolute atomic E-state index is 0.111. The molecule has 2 aromatic rings. The van der Waals surface area contributed by atoms with Crippen LogP contribution in [0.25, 0.3) is 10.6 Å². The van der Waals surface area contributed by atoms with Gasteiger partial charge in [0.15, 0.2) is 0 Å². The average Bonchev–Trinajstić information content (AvgIpc) is 2.95. The number of nitrogens with zero attached hydrogens (tertiary/aromatic N) is 3. The standard InChI is InChI=1S/C17H20N4OS/c1-11-5-4-6-21(10-11)17(22)18-16-20-19-15(23-16)14-8-12(2)7-13(3)9-14/h5,7-9H,4,6,10H2,1-3H3,(H,18,20,22).